The van der Waals surface area contributed by atoms with Crippen molar-refractivity contribution in [1.29, 1.82) is 0 Å². The lowest BCUT2D eigenvalue weighted by Crippen LogP contribution is -2.36. The van der Waals surface area contributed by atoms with Crippen molar-refractivity contribution in [2.75, 3.05) is 13.7 Å². The number of hydroxylamine groups is 1. The number of nitrogens with one attached hydrogen (secondary N) is 2. The second-order valence-electron chi connectivity index (χ2n) is 4.25. The fourth-order valence-corrected chi connectivity index (χ4v) is 2.13. The molecule has 0 bridgehead atoms. The third-order valence-electron chi connectivity index (χ3n) is 2.99. The molecule has 0 saturated carbocycles. The lowest BCUT2D eigenvalue weighted by Gasteiger charge is -2.06. The van der Waals surface area contributed by atoms with E-state index in [1.54, 1.807) is 6.07 Å². The zero-order valence-corrected chi connectivity index (χ0v) is 10.3. The van der Waals surface area contributed by atoms with E-state index in [-0.39, 0.29) is 18.4 Å². The van der Waals surface area contributed by atoms with E-state index in [1.165, 1.54) is 18.2 Å². The Balaban J connectivity index is 1.95. The smallest absolute Gasteiger partial charge is 0.262 e. The van der Waals surface area contributed by atoms with Crippen molar-refractivity contribution >= 4 is 11.8 Å². The summed E-state index contributed by atoms with van der Waals surface area (Å²) >= 11 is 0. The van der Waals surface area contributed by atoms with Crippen LogP contribution in [0.25, 0.3) is 0 Å². The number of hydrogen-bond donors (Lipinski definition) is 2. The van der Waals surface area contributed by atoms with E-state index in [4.69, 9.17) is 0 Å². The van der Waals surface area contributed by atoms with Crippen LogP contribution < -0.4 is 10.8 Å². The molecule has 0 aliphatic heterocycles. The molecule has 0 unspecified atom stereocenters. The van der Waals surface area contributed by atoms with E-state index in [2.05, 4.69) is 15.6 Å². The molecule has 96 valence electrons. The maximum absolute atomic E-state index is 11.8. The maximum Gasteiger partial charge on any atom is 0.262 e. The molecule has 1 aliphatic carbocycles. The van der Waals surface area contributed by atoms with E-state index >= 15 is 0 Å². The molecule has 1 aromatic rings. The van der Waals surface area contributed by atoms with Crippen LogP contribution in [-0.4, -0.2) is 25.5 Å². The van der Waals surface area contributed by atoms with E-state index < -0.39 is 0 Å². The molecule has 2 N–H and O–H groups in total. The van der Waals surface area contributed by atoms with Crippen molar-refractivity contribution in [2.45, 2.75) is 19.3 Å². The van der Waals surface area contributed by atoms with Gasteiger partial charge in [0, 0.05) is 5.56 Å². The second kappa shape index (κ2) is 5.64. The number of amides is 2. The van der Waals surface area contributed by atoms with Crippen molar-refractivity contribution in [2.24, 2.45) is 0 Å². The maximum atomic E-state index is 11.8. The summed E-state index contributed by atoms with van der Waals surface area (Å²) in [6, 6.07) is 5.70. The Labute approximate surface area is 105 Å². The molecular weight excluding hydrogens is 232 g/mol. The number of fused-ring (bicyclic) bond motifs is 1. The van der Waals surface area contributed by atoms with Crippen molar-refractivity contribution in [3.8, 4) is 0 Å². The monoisotopic (exact) mass is 248 g/mol. The summed E-state index contributed by atoms with van der Waals surface area (Å²) < 4.78 is 0. The third kappa shape index (κ3) is 2.87. The molecule has 18 heavy (non-hydrogen) atoms. The molecule has 2 rings (SSSR count). The second-order valence-corrected chi connectivity index (χ2v) is 4.25. The van der Waals surface area contributed by atoms with Gasteiger partial charge in [0.2, 0.25) is 0 Å². The fourth-order valence-electron chi connectivity index (χ4n) is 2.13. The van der Waals surface area contributed by atoms with Gasteiger partial charge in [-0.2, -0.15) is 0 Å². The standard InChI is InChI=1S/C13H16N2O3/c1-18-15-12(16)8-14-13(17)11-6-5-9-3-2-4-10(9)7-11/h5-7H,2-4,8H2,1H3,(H,14,17)(H,15,16). The molecule has 5 heteroatoms. The van der Waals surface area contributed by atoms with E-state index in [1.807, 2.05) is 12.1 Å². The molecular formula is C13H16N2O3. The average molecular weight is 248 g/mol. The Morgan fingerprint density at radius 2 is 2.06 bits per heavy atom. The van der Waals surface area contributed by atoms with Crippen LogP contribution >= 0.6 is 0 Å². The lowest BCUT2D eigenvalue weighted by molar-refractivity contribution is -0.130. The summed E-state index contributed by atoms with van der Waals surface area (Å²) in [6.45, 7) is -0.0935. The third-order valence-corrected chi connectivity index (χ3v) is 2.99. The summed E-state index contributed by atoms with van der Waals surface area (Å²) in [6.07, 6.45) is 3.27. The first kappa shape index (κ1) is 12.6. The van der Waals surface area contributed by atoms with E-state index in [9.17, 15) is 9.59 Å². The minimum atomic E-state index is -0.382. The molecule has 2 amide bonds. The van der Waals surface area contributed by atoms with Crippen molar-refractivity contribution in [3.05, 3.63) is 34.9 Å². The van der Waals surface area contributed by atoms with Gasteiger partial charge in [0.15, 0.2) is 0 Å². The highest BCUT2D eigenvalue weighted by Gasteiger charge is 2.14. The van der Waals surface area contributed by atoms with Crippen LogP contribution in [-0.2, 0) is 22.5 Å². The van der Waals surface area contributed by atoms with Gasteiger partial charge >= 0.3 is 0 Å². The number of aryl methyl sites for hydroxylation is 2. The minimum absolute atomic E-state index is 0.0935. The molecule has 0 radical (unpaired) electrons. The molecule has 0 saturated heterocycles. The lowest BCUT2D eigenvalue weighted by atomic mass is 10.1. The molecule has 0 aromatic heterocycles. The first-order valence-corrected chi connectivity index (χ1v) is 5.92. The Hall–Kier alpha value is -1.88. The largest absolute Gasteiger partial charge is 0.343 e. The normalized spacial score (nSPS) is 12.9. The highest BCUT2D eigenvalue weighted by Crippen LogP contribution is 2.22. The first-order chi connectivity index (χ1) is 8.70. The van der Waals surface area contributed by atoms with Gasteiger partial charge in [-0.25, -0.2) is 5.48 Å². The van der Waals surface area contributed by atoms with Gasteiger partial charge in [0.25, 0.3) is 11.8 Å². The Morgan fingerprint density at radius 1 is 1.28 bits per heavy atom. The van der Waals surface area contributed by atoms with Gasteiger partial charge in [-0.3, -0.25) is 14.4 Å². The highest BCUT2D eigenvalue weighted by atomic mass is 16.6. The van der Waals surface area contributed by atoms with Crippen LogP contribution in [0.5, 0.6) is 0 Å². The summed E-state index contributed by atoms with van der Waals surface area (Å²) in [4.78, 5) is 27.4. The van der Waals surface area contributed by atoms with Gasteiger partial charge in [-0.1, -0.05) is 6.07 Å². The topological polar surface area (TPSA) is 67.4 Å². The SMILES string of the molecule is CONC(=O)CNC(=O)c1ccc2c(c1)CCC2. The van der Waals surface area contributed by atoms with Gasteiger partial charge in [0.05, 0.1) is 13.7 Å². The number of carbonyl (C=O) groups is 2. The zero-order chi connectivity index (χ0) is 13.0. The molecule has 5 nitrogen and oxygen atoms in total. The predicted molar refractivity (Wildman–Crippen MR) is 66.0 cm³/mol. The van der Waals surface area contributed by atoms with Gasteiger partial charge in [-0.05, 0) is 42.5 Å². The number of carbonyl (C=O) groups excluding carboxylic acids is 2. The highest BCUT2D eigenvalue weighted by molar-refractivity contribution is 5.96. The Kier molecular flexibility index (Phi) is 3.94. The summed E-state index contributed by atoms with van der Waals surface area (Å²) in [5.41, 5.74) is 5.30. The van der Waals surface area contributed by atoms with Crippen molar-refractivity contribution < 1.29 is 14.4 Å². The van der Waals surface area contributed by atoms with Crippen LogP contribution in [0, 0.1) is 0 Å². The molecule has 1 aliphatic rings. The average Bonchev–Trinajstić information content (AvgIpc) is 2.83. The van der Waals surface area contributed by atoms with Crippen LogP contribution in [0.1, 0.15) is 27.9 Å². The number of rotatable bonds is 4. The minimum Gasteiger partial charge on any atom is -0.343 e. The zero-order valence-electron chi connectivity index (χ0n) is 10.3. The van der Waals surface area contributed by atoms with Gasteiger partial charge in [0.1, 0.15) is 0 Å². The first-order valence-electron chi connectivity index (χ1n) is 5.92. The summed E-state index contributed by atoms with van der Waals surface area (Å²) in [7, 11) is 1.35. The fraction of sp³-hybridized carbons (Fsp3) is 0.385. The van der Waals surface area contributed by atoms with Crippen molar-refractivity contribution in [3.63, 3.8) is 0 Å². The molecule has 0 spiro atoms. The van der Waals surface area contributed by atoms with Crippen LogP contribution in [0.15, 0.2) is 18.2 Å². The molecule has 0 heterocycles. The number of hydrogen-bond acceptors (Lipinski definition) is 3. The molecule has 1 aromatic carbocycles. The quantitative estimate of drug-likeness (QED) is 0.766. The van der Waals surface area contributed by atoms with E-state index in [0.29, 0.717) is 5.56 Å². The Morgan fingerprint density at radius 3 is 2.83 bits per heavy atom. The van der Waals surface area contributed by atoms with E-state index in [0.717, 1.165) is 19.3 Å². The Bertz CT molecular complexity index is 471. The molecule has 0 fully saturated rings. The van der Waals surface area contributed by atoms with Crippen LogP contribution in [0.2, 0.25) is 0 Å². The van der Waals surface area contributed by atoms with Gasteiger partial charge < -0.3 is 5.32 Å². The van der Waals surface area contributed by atoms with Crippen LogP contribution in [0.3, 0.4) is 0 Å². The van der Waals surface area contributed by atoms with Crippen LogP contribution in [0.4, 0.5) is 0 Å². The van der Waals surface area contributed by atoms with Gasteiger partial charge in [-0.15, -0.1) is 0 Å². The predicted octanol–water partition coefficient (Wildman–Crippen LogP) is 0.583. The summed E-state index contributed by atoms with van der Waals surface area (Å²) in [5, 5.41) is 2.54. The number of benzene rings is 1. The van der Waals surface area contributed by atoms with Crippen molar-refractivity contribution in [1.82, 2.24) is 10.8 Å². The summed E-state index contributed by atoms with van der Waals surface area (Å²) in [5.74, 6) is -0.622. The molecule has 0 atom stereocenters.